The van der Waals surface area contributed by atoms with Crippen molar-refractivity contribution in [3.8, 4) is 0 Å². The van der Waals surface area contributed by atoms with Gasteiger partial charge in [-0.05, 0) is 41.9 Å². The van der Waals surface area contributed by atoms with Crippen LogP contribution in [0, 0.1) is 5.92 Å². The first-order valence-corrected chi connectivity index (χ1v) is 5.81. The van der Waals surface area contributed by atoms with Crippen LogP contribution < -0.4 is 0 Å². The molecule has 1 aliphatic rings. The smallest absolute Gasteiger partial charge is 0.0595 e. The molecule has 1 aliphatic carbocycles. The van der Waals surface area contributed by atoms with Gasteiger partial charge in [0.1, 0.15) is 0 Å². The standard InChI is InChI=1S/C12H14Cl2/c1-3-12(7-8(12)2)9-4-5-10(13)11(14)6-9/h4-6,8H,3,7H2,1-2H3. The SMILES string of the molecule is CCC1(c2ccc(Cl)c(Cl)c2)CC1C. The Morgan fingerprint density at radius 2 is 2.00 bits per heavy atom. The van der Waals surface area contributed by atoms with E-state index in [0.29, 0.717) is 15.5 Å². The molecule has 0 aromatic heterocycles. The Labute approximate surface area is 95.2 Å². The highest BCUT2D eigenvalue weighted by Gasteiger charge is 2.50. The van der Waals surface area contributed by atoms with Crippen LogP contribution in [0.3, 0.4) is 0 Å². The van der Waals surface area contributed by atoms with Crippen molar-refractivity contribution < 1.29 is 0 Å². The largest absolute Gasteiger partial charge is 0.0827 e. The second-order valence-corrected chi connectivity index (χ2v) is 5.06. The summed E-state index contributed by atoms with van der Waals surface area (Å²) in [5, 5.41) is 1.33. The van der Waals surface area contributed by atoms with Crippen LogP contribution in [0.2, 0.25) is 10.0 Å². The molecule has 0 amide bonds. The van der Waals surface area contributed by atoms with Crippen LogP contribution in [0.4, 0.5) is 0 Å². The molecule has 1 saturated carbocycles. The van der Waals surface area contributed by atoms with Gasteiger partial charge >= 0.3 is 0 Å². The lowest BCUT2D eigenvalue weighted by atomic mass is 9.91. The van der Waals surface area contributed by atoms with Crippen molar-refractivity contribution in [3.63, 3.8) is 0 Å². The lowest BCUT2D eigenvalue weighted by Crippen LogP contribution is -2.07. The van der Waals surface area contributed by atoms with Gasteiger partial charge in [0.25, 0.3) is 0 Å². The number of rotatable bonds is 2. The first kappa shape index (κ1) is 10.3. The van der Waals surface area contributed by atoms with E-state index in [-0.39, 0.29) is 0 Å². The number of hydrogen-bond donors (Lipinski definition) is 0. The van der Waals surface area contributed by atoms with Gasteiger partial charge in [0, 0.05) is 0 Å². The zero-order valence-corrected chi connectivity index (χ0v) is 9.99. The first-order valence-electron chi connectivity index (χ1n) is 5.05. The maximum Gasteiger partial charge on any atom is 0.0595 e. The summed E-state index contributed by atoms with van der Waals surface area (Å²) in [5.41, 5.74) is 1.73. The Morgan fingerprint density at radius 3 is 2.43 bits per heavy atom. The van der Waals surface area contributed by atoms with Crippen LogP contribution in [-0.4, -0.2) is 0 Å². The van der Waals surface area contributed by atoms with E-state index in [1.54, 1.807) is 0 Å². The lowest BCUT2D eigenvalue weighted by molar-refractivity contribution is 0.607. The normalized spacial score (nSPS) is 30.4. The maximum absolute atomic E-state index is 6.02. The molecular weight excluding hydrogens is 215 g/mol. The van der Waals surface area contributed by atoms with Crippen molar-refractivity contribution in [2.75, 3.05) is 0 Å². The van der Waals surface area contributed by atoms with Crippen LogP contribution in [0.15, 0.2) is 18.2 Å². The molecule has 14 heavy (non-hydrogen) atoms. The minimum Gasteiger partial charge on any atom is -0.0827 e. The highest BCUT2D eigenvalue weighted by Crippen LogP contribution is 2.56. The van der Waals surface area contributed by atoms with Gasteiger partial charge in [0.05, 0.1) is 10.0 Å². The molecular formula is C12H14Cl2. The molecule has 0 spiro atoms. The maximum atomic E-state index is 6.02. The van der Waals surface area contributed by atoms with Crippen molar-refractivity contribution in [3.05, 3.63) is 33.8 Å². The van der Waals surface area contributed by atoms with Crippen LogP contribution in [0.1, 0.15) is 32.3 Å². The fourth-order valence-electron chi connectivity index (χ4n) is 2.39. The highest BCUT2D eigenvalue weighted by molar-refractivity contribution is 6.42. The van der Waals surface area contributed by atoms with Crippen LogP contribution in [0.25, 0.3) is 0 Å². The average molecular weight is 229 g/mol. The summed E-state index contributed by atoms with van der Waals surface area (Å²) in [6.45, 7) is 4.54. The number of hydrogen-bond acceptors (Lipinski definition) is 0. The van der Waals surface area contributed by atoms with Gasteiger partial charge in [-0.2, -0.15) is 0 Å². The van der Waals surface area contributed by atoms with E-state index in [0.717, 1.165) is 5.92 Å². The van der Waals surface area contributed by atoms with Crippen molar-refractivity contribution >= 4 is 23.2 Å². The van der Waals surface area contributed by atoms with Crippen LogP contribution in [-0.2, 0) is 5.41 Å². The molecule has 0 heterocycles. The predicted molar refractivity (Wildman–Crippen MR) is 62.2 cm³/mol. The summed E-state index contributed by atoms with van der Waals surface area (Å²) >= 11 is 11.9. The van der Waals surface area contributed by atoms with Crippen LogP contribution in [0.5, 0.6) is 0 Å². The Hall–Kier alpha value is -0.200. The number of halogens is 2. The zero-order valence-electron chi connectivity index (χ0n) is 8.48. The molecule has 0 bridgehead atoms. The highest BCUT2D eigenvalue weighted by atomic mass is 35.5. The third-order valence-corrected chi connectivity index (χ3v) is 4.32. The summed E-state index contributed by atoms with van der Waals surface area (Å²) in [6.07, 6.45) is 2.47. The van der Waals surface area contributed by atoms with Crippen molar-refractivity contribution in [1.29, 1.82) is 0 Å². The minimum absolute atomic E-state index is 0.383. The quantitative estimate of drug-likeness (QED) is 0.690. The van der Waals surface area contributed by atoms with Gasteiger partial charge in [0.15, 0.2) is 0 Å². The predicted octanol–water partition coefficient (Wildman–Crippen LogP) is 4.68. The Morgan fingerprint density at radius 1 is 1.36 bits per heavy atom. The molecule has 0 aliphatic heterocycles. The van der Waals surface area contributed by atoms with E-state index in [2.05, 4.69) is 19.9 Å². The molecule has 1 fully saturated rings. The monoisotopic (exact) mass is 228 g/mol. The summed E-state index contributed by atoms with van der Waals surface area (Å²) in [6, 6.07) is 6.04. The Balaban J connectivity index is 2.38. The van der Waals surface area contributed by atoms with E-state index in [9.17, 15) is 0 Å². The molecule has 0 saturated heterocycles. The van der Waals surface area contributed by atoms with Gasteiger partial charge in [-0.1, -0.05) is 43.1 Å². The molecule has 2 heteroatoms. The second kappa shape index (κ2) is 3.43. The molecule has 1 aromatic rings. The van der Waals surface area contributed by atoms with Gasteiger partial charge < -0.3 is 0 Å². The molecule has 0 nitrogen and oxygen atoms in total. The van der Waals surface area contributed by atoms with E-state index in [4.69, 9.17) is 23.2 Å². The minimum atomic E-state index is 0.383. The number of benzene rings is 1. The van der Waals surface area contributed by atoms with Gasteiger partial charge in [-0.3, -0.25) is 0 Å². The van der Waals surface area contributed by atoms with E-state index < -0.39 is 0 Å². The summed E-state index contributed by atoms with van der Waals surface area (Å²) in [4.78, 5) is 0. The van der Waals surface area contributed by atoms with E-state index in [1.807, 2.05) is 12.1 Å². The van der Waals surface area contributed by atoms with Gasteiger partial charge in [-0.15, -0.1) is 0 Å². The zero-order chi connectivity index (χ0) is 10.3. The van der Waals surface area contributed by atoms with Gasteiger partial charge in [0.2, 0.25) is 0 Å². The molecule has 1 aromatic carbocycles. The topological polar surface area (TPSA) is 0 Å². The third kappa shape index (κ3) is 1.45. The van der Waals surface area contributed by atoms with E-state index >= 15 is 0 Å². The average Bonchev–Trinajstić information content (AvgIpc) is 2.83. The van der Waals surface area contributed by atoms with Crippen LogP contribution >= 0.6 is 23.2 Å². The Kier molecular flexibility index (Phi) is 2.53. The summed E-state index contributed by atoms with van der Waals surface area (Å²) in [5.74, 6) is 0.782. The van der Waals surface area contributed by atoms with Crippen molar-refractivity contribution in [1.82, 2.24) is 0 Å². The molecule has 0 N–H and O–H groups in total. The molecule has 0 radical (unpaired) electrons. The van der Waals surface area contributed by atoms with Crippen molar-refractivity contribution in [2.24, 2.45) is 5.92 Å². The fourth-order valence-corrected chi connectivity index (χ4v) is 2.69. The summed E-state index contributed by atoms with van der Waals surface area (Å²) in [7, 11) is 0. The molecule has 2 atom stereocenters. The first-order chi connectivity index (χ1) is 6.60. The van der Waals surface area contributed by atoms with E-state index in [1.165, 1.54) is 18.4 Å². The van der Waals surface area contributed by atoms with Gasteiger partial charge in [-0.25, -0.2) is 0 Å². The molecule has 76 valence electrons. The lowest BCUT2D eigenvalue weighted by Gasteiger charge is -2.15. The summed E-state index contributed by atoms with van der Waals surface area (Å²) < 4.78 is 0. The molecule has 2 rings (SSSR count). The third-order valence-electron chi connectivity index (χ3n) is 3.58. The second-order valence-electron chi connectivity index (χ2n) is 4.24. The fraction of sp³-hybridized carbons (Fsp3) is 0.500. The Bertz CT molecular complexity index is 355. The molecule has 2 unspecified atom stereocenters. The van der Waals surface area contributed by atoms with Crippen molar-refractivity contribution in [2.45, 2.75) is 32.1 Å².